The lowest BCUT2D eigenvalue weighted by atomic mass is 10.1. The summed E-state index contributed by atoms with van der Waals surface area (Å²) in [5.74, 6) is 0.459. The summed E-state index contributed by atoms with van der Waals surface area (Å²) in [6, 6.07) is 0. The smallest absolute Gasteiger partial charge is 0.330 e. The minimum atomic E-state index is -4.04. The van der Waals surface area contributed by atoms with Crippen molar-refractivity contribution >= 4 is 0 Å². The molecule has 0 bridgehead atoms. The molecule has 0 saturated heterocycles. The van der Waals surface area contributed by atoms with Crippen LogP contribution in [-0.2, 0) is 0 Å². The first-order chi connectivity index (χ1) is 6.85. The molecule has 0 aromatic carbocycles. The van der Waals surface area contributed by atoms with E-state index in [1.807, 2.05) is 0 Å². The first-order valence-electron chi connectivity index (χ1n) is 5.30. The fraction of sp³-hybridized carbons (Fsp3) is 1.00. The van der Waals surface area contributed by atoms with Crippen molar-refractivity contribution in [1.82, 2.24) is 4.90 Å². The van der Waals surface area contributed by atoms with E-state index in [1.54, 1.807) is 11.9 Å². The average molecular weight is 226 g/mol. The second-order valence-electron chi connectivity index (χ2n) is 4.15. The van der Waals surface area contributed by atoms with Crippen LogP contribution in [0.2, 0.25) is 0 Å². The molecule has 0 aromatic heterocycles. The van der Waals surface area contributed by atoms with Crippen molar-refractivity contribution in [3.63, 3.8) is 0 Å². The normalized spacial score (nSPS) is 14.6. The molecule has 0 aliphatic carbocycles. The van der Waals surface area contributed by atoms with E-state index in [0.717, 1.165) is 12.8 Å². The summed E-state index contributed by atoms with van der Waals surface area (Å²) in [5, 5.41) is 0. The second kappa shape index (κ2) is 7.06. The largest absolute Gasteiger partial charge is 0.390 e. The van der Waals surface area contributed by atoms with E-state index in [0.29, 0.717) is 19.0 Å². The maximum absolute atomic E-state index is 11.9. The molecule has 0 aliphatic heterocycles. The lowest BCUT2D eigenvalue weighted by Crippen LogP contribution is -2.26. The summed E-state index contributed by atoms with van der Waals surface area (Å²) in [7, 11) is 1.72. The van der Waals surface area contributed by atoms with E-state index in [9.17, 15) is 13.2 Å². The van der Waals surface area contributed by atoms with Crippen molar-refractivity contribution in [2.24, 2.45) is 11.7 Å². The molecule has 0 fully saturated rings. The number of halogens is 3. The SMILES string of the molecule is CC(CN)CCCN(C)CCC(F)(F)F. The van der Waals surface area contributed by atoms with Crippen LogP contribution in [0, 0.1) is 5.92 Å². The van der Waals surface area contributed by atoms with Crippen molar-refractivity contribution in [2.45, 2.75) is 32.4 Å². The summed E-state index contributed by atoms with van der Waals surface area (Å²) < 4.78 is 35.6. The number of hydrogen-bond acceptors (Lipinski definition) is 2. The highest BCUT2D eigenvalue weighted by molar-refractivity contribution is 4.59. The van der Waals surface area contributed by atoms with Gasteiger partial charge in [-0.15, -0.1) is 0 Å². The van der Waals surface area contributed by atoms with E-state index < -0.39 is 12.6 Å². The monoisotopic (exact) mass is 226 g/mol. The van der Waals surface area contributed by atoms with Crippen molar-refractivity contribution in [2.75, 3.05) is 26.7 Å². The van der Waals surface area contributed by atoms with E-state index in [2.05, 4.69) is 6.92 Å². The highest BCUT2D eigenvalue weighted by atomic mass is 19.4. The Kier molecular flexibility index (Phi) is 6.92. The molecule has 15 heavy (non-hydrogen) atoms. The van der Waals surface area contributed by atoms with Crippen LogP contribution >= 0.6 is 0 Å². The van der Waals surface area contributed by atoms with Gasteiger partial charge in [-0.3, -0.25) is 0 Å². The lowest BCUT2D eigenvalue weighted by molar-refractivity contribution is -0.137. The Hall–Kier alpha value is -0.290. The zero-order valence-corrected chi connectivity index (χ0v) is 9.48. The Balaban J connectivity index is 3.45. The lowest BCUT2D eigenvalue weighted by Gasteiger charge is -2.18. The highest BCUT2D eigenvalue weighted by Gasteiger charge is 2.26. The van der Waals surface area contributed by atoms with Crippen LogP contribution in [0.5, 0.6) is 0 Å². The van der Waals surface area contributed by atoms with Crippen LogP contribution in [0.3, 0.4) is 0 Å². The van der Waals surface area contributed by atoms with Gasteiger partial charge in [0.05, 0.1) is 6.42 Å². The molecule has 0 radical (unpaired) electrons. The fourth-order valence-corrected chi connectivity index (χ4v) is 1.26. The predicted molar refractivity (Wildman–Crippen MR) is 55.6 cm³/mol. The number of hydrogen-bond donors (Lipinski definition) is 1. The van der Waals surface area contributed by atoms with Gasteiger partial charge in [-0.2, -0.15) is 13.2 Å². The highest BCUT2D eigenvalue weighted by Crippen LogP contribution is 2.19. The van der Waals surface area contributed by atoms with Gasteiger partial charge in [0.1, 0.15) is 0 Å². The van der Waals surface area contributed by atoms with Crippen molar-refractivity contribution in [3.8, 4) is 0 Å². The quantitative estimate of drug-likeness (QED) is 0.721. The molecular weight excluding hydrogens is 205 g/mol. The molecule has 5 heteroatoms. The first kappa shape index (κ1) is 14.7. The fourth-order valence-electron chi connectivity index (χ4n) is 1.26. The van der Waals surface area contributed by atoms with Gasteiger partial charge in [0.25, 0.3) is 0 Å². The molecule has 0 heterocycles. The summed E-state index contributed by atoms with van der Waals surface area (Å²) in [4.78, 5) is 1.72. The molecule has 0 aliphatic rings. The third-order valence-corrected chi connectivity index (χ3v) is 2.42. The van der Waals surface area contributed by atoms with Crippen LogP contribution in [-0.4, -0.2) is 37.8 Å². The van der Waals surface area contributed by atoms with Gasteiger partial charge in [-0.05, 0) is 38.9 Å². The third kappa shape index (κ3) is 10.0. The number of alkyl halides is 3. The second-order valence-corrected chi connectivity index (χ2v) is 4.15. The molecule has 0 amide bonds. The third-order valence-electron chi connectivity index (χ3n) is 2.42. The zero-order chi connectivity index (χ0) is 11.9. The van der Waals surface area contributed by atoms with Gasteiger partial charge < -0.3 is 10.6 Å². The van der Waals surface area contributed by atoms with Crippen LogP contribution in [0.15, 0.2) is 0 Å². The van der Waals surface area contributed by atoms with E-state index in [-0.39, 0.29) is 6.54 Å². The molecule has 2 nitrogen and oxygen atoms in total. The van der Waals surface area contributed by atoms with Crippen LogP contribution in [0.25, 0.3) is 0 Å². The van der Waals surface area contributed by atoms with Crippen LogP contribution in [0.1, 0.15) is 26.2 Å². The van der Waals surface area contributed by atoms with Gasteiger partial charge in [0.15, 0.2) is 0 Å². The molecule has 92 valence electrons. The van der Waals surface area contributed by atoms with E-state index in [4.69, 9.17) is 5.73 Å². The average Bonchev–Trinajstić information content (AvgIpc) is 2.13. The maximum Gasteiger partial charge on any atom is 0.390 e. The molecule has 0 saturated carbocycles. The molecule has 0 rings (SSSR count). The number of nitrogens with two attached hydrogens (primary N) is 1. The summed E-state index contributed by atoms with van der Waals surface area (Å²) in [6.45, 7) is 3.49. The molecule has 1 unspecified atom stereocenters. The van der Waals surface area contributed by atoms with Crippen LogP contribution < -0.4 is 5.73 Å². The molecule has 1 atom stereocenters. The van der Waals surface area contributed by atoms with Crippen molar-refractivity contribution in [1.29, 1.82) is 0 Å². The van der Waals surface area contributed by atoms with Crippen molar-refractivity contribution in [3.05, 3.63) is 0 Å². The Labute approximate surface area is 89.6 Å². The van der Waals surface area contributed by atoms with E-state index >= 15 is 0 Å². The topological polar surface area (TPSA) is 29.3 Å². The van der Waals surface area contributed by atoms with Gasteiger partial charge in [-0.1, -0.05) is 6.92 Å². The zero-order valence-electron chi connectivity index (χ0n) is 9.48. The summed E-state index contributed by atoms with van der Waals surface area (Å²) in [6.07, 6.45) is -2.88. The molecular formula is C10H21F3N2. The molecule has 0 aromatic rings. The van der Waals surface area contributed by atoms with E-state index in [1.165, 1.54) is 0 Å². The molecule has 0 spiro atoms. The minimum absolute atomic E-state index is 0.0838. The predicted octanol–water partition coefficient (Wildman–Crippen LogP) is 2.25. The standard InChI is InChI=1S/C10H21F3N2/c1-9(8-14)4-3-6-15(2)7-5-10(11,12)13/h9H,3-8,14H2,1-2H3. The van der Waals surface area contributed by atoms with Crippen molar-refractivity contribution < 1.29 is 13.2 Å². The minimum Gasteiger partial charge on any atom is -0.330 e. The summed E-state index contributed by atoms with van der Waals surface area (Å²) >= 11 is 0. The maximum atomic E-state index is 11.9. The Bertz CT molecular complexity index is 159. The summed E-state index contributed by atoms with van der Waals surface area (Å²) in [5.41, 5.74) is 5.44. The van der Waals surface area contributed by atoms with Crippen LogP contribution in [0.4, 0.5) is 13.2 Å². The van der Waals surface area contributed by atoms with Gasteiger partial charge in [-0.25, -0.2) is 0 Å². The van der Waals surface area contributed by atoms with Gasteiger partial charge in [0.2, 0.25) is 0 Å². The van der Waals surface area contributed by atoms with Gasteiger partial charge >= 0.3 is 6.18 Å². The Morgan fingerprint density at radius 1 is 1.27 bits per heavy atom. The Morgan fingerprint density at radius 3 is 2.33 bits per heavy atom. The van der Waals surface area contributed by atoms with Gasteiger partial charge in [0, 0.05) is 6.54 Å². The first-order valence-corrected chi connectivity index (χ1v) is 5.30. The molecule has 2 N–H and O–H groups in total. The number of rotatable bonds is 7. The number of nitrogens with zero attached hydrogens (tertiary/aromatic N) is 1. The Morgan fingerprint density at radius 2 is 1.87 bits per heavy atom.